The molecule has 1 unspecified atom stereocenters. The molecule has 3 fully saturated rings. The predicted molar refractivity (Wildman–Crippen MR) is 116 cm³/mol. The minimum atomic E-state index is -0.711. The van der Waals surface area contributed by atoms with E-state index in [2.05, 4.69) is 33.2 Å². The molecule has 3 saturated heterocycles. The lowest BCUT2D eigenvalue weighted by Crippen LogP contribution is -2.53. The van der Waals surface area contributed by atoms with Gasteiger partial charge in [0.25, 0.3) is 0 Å². The fraction of sp³-hybridized carbons (Fsp3) is 0.632. The van der Waals surface area contributed by atoms with E-state index >= 15 is 0 Å². The maximum atomic E-state index is 6.17. The molecule has 3 aliphatic rings. The van der Waals surface area contributed by atoms with Crippen molar-refractivity contribution >= 4 is 45.6 Å². The number of nitrogens with one attached hydrogen (secondary N) is 2. The van der Waals surface area contributed by atoms with E-state index < -0.39 is 17.9 Å². The quantitative estimate of drug-likeness (QED) is 0.466. The molecule has 0 radical (unpaired) electrons. The van der Waals surface area contributed by atoms with Gasteiger partial charge in [-0.25, -0.2) is 0 Å². The normalized spacial score (nSPS) is 35.5. The van der Waals surface area contributed by atoms with Crippen molar-refractivity contribution in [1.82, 2.24) is 5.32 Å². The van der Waals surface area contributed by atoms with Gasteiger partial charge in [0.15, 0.2) is 23.0 Å². The van der Waals surface area contributed by atoms with Gasteiger partial charge in [-0.15, -0.1) is 0 Å². The summed E-state index contributed by atoms with van der Waals surface area (Å²) < 4.78 is 31.1. The van der Waals surface area contributed by atoms with Gasteiger partial charge in [-0.2, -0.15) is 0 Å². The number of hydrogen-bond acceptors (Lipinski definition) is 6. The summed E-state index contributed by atoms with van der Waals surface area (Å²) in [5.41, 5.74) is 0.912. The Morgan fingerprint density at radius 3 is 2.39 bits per heavy atom. The van der Waals surface area contributed by atoms with E-state index in [0.29, 0.717) is 11.7 Å². The third kappa shape index (κ3) is 4.45. The maximum Gasteiger partial charge on any atom is 0.189 e. The highest BCUT2D eigenvalue weighted by Crippen LogP contribution is 2.40. The van der Waals surface area contributed by atoms with Crippen LogP contribution in [0.2, 0.25) is 0 Å². The number of hydrogen-bond donors (Lipinski definition) is 2. The van der Waals surface area contributed by atoms with E-state index in [9.17, 15) is 0 Å². The van der Waals surface area contributed by atoms with Crippen LogP contribution in [0.25, 0.3) is 0 Å². The molecule has 2 N–H and O–H groups in total. The van der Waals surface area contributed by atoms with Crippen LogP contribution in [0, 0.1) is 3.57 Å². The first-order valence-corrected chi connectivity index (χ1v) is 10.8. The summed E-state index contributed by atoms with van der Waals surface area (Å²) >= 11 is 7.82. The number of ether oxygens (including phenoxy) is 5. The van der Waals surface area contributed by atoms with E-state index in [4.69, 9.17) is 35.9 Å². The first-order chi connectivity index (χ1) is 13.1. The molecule has 0 aromatic heterocycles. The summed E-state index contributed by atoms with van der Waals surface area (Å²) in [6.45, 7) is 7.98. The largest absolute Gasteiger partial charge is 0.354 e. The molecule has 28 heavy (non-hydrogen) atoms. The number of benzene rings is 1. The topological polar surface area (TPSA) is 70.2 Å². The number of rotatable bonds is 3. The third-order valence-electron chi connectivity index (χ3n) is 4.88. The zero-order valence-corrected chi connectivity index (χ0v) is 19.2. The average molecular weight is 520 g/mol. The molecule has 0 bridgehead atoms. The maximum absolute atomic E-state index is 6.17. The lowest BCUT2D eigenvalue weighted by Gasteiger charge is -2.30. The Kier molecular flexibility index (Phi) is 5.62. The van der Waals surface area contributed by atoms with Crippen LogP contribution in [0.15, 0.2) is 24.3 Å². The van der Waals surface area contributed by atoms with Gasteiger partial charge in [0.1, 0.15) is 18.3 Å². The van der Waals surface area contributed by atoms with E-state index in [1.165, 1.54) is 0 Å². The van der Waals surface area contributed by atoms with Crippen LogP contribution in [0.1, 0.15) is 27.7 Å². The van der Waals surface area contributed by atoms with Gasteiger partial charge in [-0.3, -0.25) is 0 Å². The Hall–Kier alpha value is -0.560. The molecule has 9 heteroatoms. The zero-order chi connectivity index (χ0) is 20.1. The van der Waals surface area contributed by atoms with Gasteiger partial charge in [0.05, 0.1) is 12.6 Å². The molecule has 0 saturated carbocycles. The summed E-state index contributed by atoms with van der Waals surface area (Å²) in [6.07, 6.45) is -1.34. The third-order valence-corrected chi connectivity index (χ3v) is 5.82. The van der Waals surface area contributed by atoms with Gasteiger partial charge in [-0.05, 0) is 86.8 Å². The van der Waals surface area contributed by atoms with Gasteiger partial charge in [0, 0.05) is 9.26 Å². The molecule has 3 aliphatic heterocycles. The molecule has 4 rings (SSSR count). The SMILES string of the molecule is CC1(C)OCC([C@H]2O[C@@H]3OC(C)(C)O[C@@H]3[C@@H]2NC(=S)Nc2ccc(I)cc2)O1. The van der Waals surface area contributed by atoms with Crippen molar-refractivity contribution in [2.75, 3.05) is 11.9 Å². The van der Waals surface area contributed by atoms with Crippen molar-refractivity contribution in [2.45, 2.75) is 69.9 Å². The van der Waals surface area contributed by atoms with Crippen LogP contribution in [0.3, 0.4) is 0 Å². The molecule has 1 aromatic carbocycles. The van der Waals surface area contributed by atoms with E-state index in [0.717, 1.165) is 9.26 Å². The number of anilines is 1. The van der Waals surface area contributed by atoms with Gasteiger partial charge in [-0.1, -0.05) is 0 Å². The summed E-state index contributed by atoms with van der Waals surface area (Å²) in [4.78, 5) is 0. The van der Waals surface area contributed by atoms with Crippen molar-refractivity contribution in [2.24, 2.45) is 0 Å². The minimum Gasteiger partial charge on any atom is -0.354 e. The van der Waals surface area contributed by atoms with Gasteiger partial charge in [0.2, 0.25) is 0 Å². The highest BCUT2D eigenvalue weighted by atomic mass is 127. The predicted octanol–water partition coefficient (Wildman–Crippen LogP) is 2.97. The second-order valence-electron chi connectivity index (χ2n) is 8.07. The first kappa shape index (κ1) is 20.7. The molecule has 0 spiro atoms. The lowest BCUT2D eigenvalue weighted by molar-refractivity contribution is -0.223. The van der Waals surface area contributed by atoms with Crippen LogP contribution in [0.4, 0.5) is 5.69 Å². The molecule has 5 atom stereocenters. The van der Waals surface area contributed by atoms with Crippen LogP contribution < -0.4 is 10.6 Å². The van der Waals surface area contributed by atoms with Crippen LogP contribution >= 0.6 is 34.8 Å². The molecule has 1 aromatic rings. The molecule has 0 aliphatic carbocycles. The van der Waals surface area contributed by atoms with E-state index in [-0.39, 0.29) is 24.4 Å². The number of fused-ring (bicyclic) bond motifs is 1. The lowest BCUT2D eigenvalue weighted by atomic mass is 10.0. The van der Waals surface area contributed by atoms with Crippen molar-refractivity contribution in [1.29, 1.82) is 0 Å². The summed E-state index contributed by atoms with van der Waals surface area (Å²) in [6, 6.07) is 7.76. The summed E-state index contributed by atoms with van der Waals surface area (Å²) in [7, 11) is 0. The Balaban J connectivity index is 1.48. The second kappa shape index (κ2) is 7.60. The van der Waals surface area contributed by atoms with Crippen molar-refractivity contribution in [3.05, 3.63) is 27.8 Å². The van der Waals surface area contributed by atoms with Crippen molar-refractivity contribution in [3.63, 3.8) is 0 Å². The Morgan fingerprint density at radius 1 is 1.04 bits per heavy atom. The second-order valence-corrected chi connectivity index (χ2v) is 9.72. The average Bonchev–Trinajstić information content (AvgIpc) is 3.20. The Morgan fingerprint density at radius 2 is 1.75 bits per heavy atom. The Labute approximate surface area is 183 Å². The first-order valence-electron chi connectivity index (χ1n) is 9.28. The number of thiocarbonyl (C=S) groups is 1. The summed E-state index contributed by atoms with van der Waals surface area (Å²) in [5, 5.41) is 7.07. The van der Waals surface area contributed by atoms with Crippen LogP contribution in [0.5, 0.6) is 0 Å². The van der Waals surface area contributed by atoms with Crippen LogP contribution in [-0.4, -0.2) is 53.9 Å². The molecular weight excluding hydrogens is 495 g/mol. The fourth-order valence-electron chi connectivity index (χ4n) is 3.74. The fourth-order valence-corrected chi connectivity index (χ4v) is 4.36. The highest BCUT2D eigenvalue weighted by molar-refractivity contribution is 14.1. The van der Waals surface area contributed by atoms with E-state index in [1.807, 2.05) is 52.0 Å². The minimum absolute atomic E-state index is 0.238. The van der Waals surface area contributed by atoms with Crippen LogP contribution in [-0.2, 0) is 23.7 Å². The van der Waals surface area contributed by atoms with Gasteiger partial charge < -0.3 is 34.3 Å². The van der Waals surface area contributed by atoms with Gasteiger partial charge >= 0.3 is 0 Å². The zero-order valence-electron chi connectivity index (χ0n) is 16.2. The Bertz CT molecular complexity index is 744. The summed E-state index contributed by atoms with van der Waals surface area (Å²) in [5.74, 6) is -1.35. The standard InChI is InChI=1S/C19H25IN2O5S/c1-18(2)23-9-12(25-18)14-13(15-16(24-14)27-19(3,4)26-15)22-17(28)21-11-7-5-10(20)6-8-11/h5-8,12-16H,9H2,1-4H3,(H2,21,22,28)/t12?,13-,14-,15-,16-/m1/s1. The molecular formula is C19H25IN2O5S. The highest BCUT2D eigenvalue weighted by Gasteiger charge is 2.58. The molecule has 154 valence electrons. The van der Waals surface area contributed by atoms with Crippen molar-refractivity contribution < 1.29 is 23.7 Å². The molecule has 7 nitrogen and oxygen atoms in total. The van der Waals surface area contributed by atoms with E-state index in [1.54, 1.807) is 0 Å². The number of halogens is 1. The molecule has 0 amide bonds. The monoisotopic (exact) mass is 520 g/mol. The van der Waals surface area contributed by atoms with Crippen molar-refractivity contribution in [3.8, 4) is 0 Å². The molecule has 3 heterocycles. The smallest absolute Gasteiger partial charge is 0.189 e.